The third kappa shape index (κ3) is 3.88. The lowest BCUT2D eigenvalue weighted by Gasteiger charge is -2.17. The number of halogens is 1. The first-order valence-corrected chi connectivity index (χ1v) is 8.48. The summed E-state index contributed by atoms with van der Waals surface area (Å²) in [5, 5.41) is 0. The van der Waals surface area contributed by atoms with Crippen LogP contribution < -0.4 is 4.74 Å². The Labute approximate surface area is 136 Å². The molecule has 0 N–H and O–H groups in total. The highest BCUT2D eigenvalue weighted by Gasteiger charge is 2.15. The Morgan fingerprint density at radius 1 is 1.00 bits per heavy atom. The molecule has 0 spiro atoms. The quantitative estimate of drug-likeness (QED) is 0.627. The van der Waals surface area contributed by atoms with Gasteiger partial charge in [-0.3, -0.25) is 0 Å². The average Bonchev–Trinajstić information content (AvgIpc) is 2.54. The number of alkyl halides is 1. The molecule has 112 valence electrons. The summed E-state index contributed by atoms with van der Waals surface area (Å²) in [5.41, 5.74) is 5.46. The second-order valence-corrected chi connectivity index (χ2v) is 6.33. The normalized spacial score (nSPS) is 12.2. The number of hydrogen-bond acceptors (Lipinski definition) is 1. The molecule has 2 aromatic carbocycles. The van der Waals surface area contributed by atoms with Crippen molar-refractivity contribution in [1.29, 1.82) is 0 Å². The molecule has 0 saturated heterocycles. The van der Waals surface area contributed by atoms with Crippen LogP contribution in [0.25, 0.3) is 0 Å². The number of ether oxygens (including phenoxy) is 1. The van der Waals surface area contributed by atoms with Crippen molar-refractivity contribution in [3.8, 4) is 5.75 Å². The van der Waals surface area contributed by atoms with Gasteiger partial charge < -0.3 is 4.74 Å². The standard InChI is InChI=1S/C19H23BrO/c1-4-14-10-11-15(5-2)17(12-14)18(20)13-16-8-6-7-9-19(16)21-3/h6-12,18H,4-5,13H2,1-3H3. The predicted molar refractivity (Wildman–Crippen MR) is 93.6 cm³/mol. The van der Waals surface area contributed by atoms with Crippen molar-refractivity contribution in [2.24, 2.45) is 0 Å². The Hall–Kier alpha value is -1.28. The van der Waals surface area contributed by atoms with Gasteiger partial charge in [-0.05, 0) is 47.6 Å². The van der Waals surface area contributed by atoms with Gasteiger partial charge in [0.15, 0.2) is 0 Å². The predicted octanol–water partition coefficient (Wildman–Crippen LogP) is 5.50. The summed E-state index contributed by atoms with van der Waals surface area (Å²) in [5.74, 6) is 0.964. The van der Waals surface area contributed by atoms with Gasteiger partial charge in [0.1, 0.15) is 5.75 Å². The fourth-order valence-electron chi connectivity index (χ4n) is 2.65. The Morgan fingerprint density at radius 3 is 2.43 bits per heavy atom. The third-order valence-corrected chi connectivity index (χ3v) is 4.75. The van der Waals surface area contributed by atoms with E-state index in [1.54, 1.807) is 7.11 Å². The van der Waals surface area contributed by atoms with Crippen LogP contribution in [0.3, 0.4) is 0 Å². The van der Waals surface area contributed by atoms with Crippen LogP contribution in [-0.2, 0) is 19.3 Å². The monoisotopic (exact) mass is 346 g/mol. The summed E-state index contributed by atoms with van der Waals surface area (Å²) in [6.07, 6.45) is 3.07. The molecule has 2 aromatic rings. The molecule has 0 saturated carbocycles. The first-order chi connectivity index (χ1) is 10.2. The van der Waals surface area contributed by atoms with E-state index in [0.717, 1.165) is 25.0 Å². The van der Waals surface area contributed by atoms with Crippen LogP contribution in [0.1, 0.15) is 40.9 Å². The van der Waals surface area contributed by atoms with Gasteiger partial charge in [-0.2, -0.15) is 0 Å². The molecule has 0 bridgehead atoms. The Bertz CT molecular complexity index is 592. The van der Waals surface area contributed by atoms with E-state index in [0.29, 0.717) is 4.83 Å². The fraction of sp³-hybridized carbons (Fsp3) is 0.368. The molecule has 1 unspecified atom stereocenters. The number of aryl methyl sites for hydroxylation is 2. The lowest BCUT2D eigenvalue weighted by molar-refractivity contribution is 0.409. The van der Waals surface area contributed by atoms with Gasteiger partial charge in [0.25, 0.3) is 0 Å². The van der Waals surface area contributed by atoms with Crippen molar-refractivity contribution in [3.05, 3.63) is 64.7 Å². The third-order valence-electron chi connectivity index (χ3n) is 3.93. The molecule has 2 heteroatoms. The van der Waals surface area contributed by atoms with E-state index in [4.69, 9.17) is 4.74 Å². The number of hydrogen-bond donors (Lipinski definition) is 0. The first-order valence-electron chi connectivity index (χ1n) is 7.57. The summed E-state index contributed by atoms with van der Waals surface area (Å²) < 4.78 is 5.46. The second kappa shape index (κ2) is 7.65. The van der Waals surface area contributed by atoms with Gasteiger partial charge in [-0.15, -0.1) is 0 Å². The van der Waals surface area contributed by atoms with E-state index in [9.17, 15) is 0 Å². The largest absolute Gasteiger partial charge is 0.496 e. The topological polar surface area (TPSA) is 9.23 Å². The summed E-state index contributed by atoms with van der Waals surface area (Å²) >= 11 is 3.89. The molecule has 0 heterocycles. The average molecular weight is 347 g/mol. The van der Waals surface area contributed by atoms with Crippen LogP contribution in [0.5, 0.6) is 5.75 Å². The molecular formula is C19H23BrO. The van der Waals surface area contributed by atoms with E-state index in [-0.39, 0.29) is 0 Å². The van der Waals surface area contributed by atoms with Gasteiger partial charge in [0.2, 0.25) is 0 Å². The smallest absolute Gasteiger partial charge is 0.122 e. The molecule has 0 fully saturated rings. The van der Waals surface area contributed by atoms with Gasteiger partial charge in [0, 0.05) is 4.83 Å². The van der Waals surface area contributed by atoms with Crippen LogP contribution in [0.2, 0.25) is 0 Å². The fourth-order valence-corrected chi connectivity index (χ4v) is 3.43. The van der Waals surface area contributed by atoms with Crippen LogP contribution in [0.15, 0.2) is 42.5 Å². The van der Waals surface area contributed by atoms with Crippen molar-refractivity contribution >= 4 is 15.9 Å². The molecule has 0 aliphatic carbocycles. The Kier molecular flexibility index (Phi) is 5.86. The van der Waals surface area contributed by atoms with E-state index in [1.807, 2.05) is 12.1 Å². The second-order valence-electron chi connectivity index (χ2n) is 5.22. The maximum Gasteiger partial charge on any atom is 0.122 e. The highest BCUT2D eigenvalue weighted by Crippen LogP contribution is 2.33. The minimum atomic E-state index is 0.315. The van der Waals surface area contributed by atoms with Gasteiger partial charge in [0.05, 0.1) is 7.11 Å². The Balaban J connectivity index is 2.29. The number of rotatable bonds is 6. The van der Waals surface area contributed by atoms with E-state index in [2.05, 4.69) is 60.1 Å². The van der Waals surface area contributed by atoms with Crippen molar-refractivity contribution in [3.63, 3.8) is 0 Å². The molecule has 0 aliphatic heterocycles. The van der Waals surface area contributed by atoms with Crippen molar-refractivity contribution in [1.82, 2.24) is 0 Å². The zero-order chi connectivity index (χ0) is 15.2. The van der Waals surface area contributed by atoms with Crippen molar-refractivity contribution in [2.45, 2.75) is 37.9 Å². The first kappa shape index (κ1) is 16.1. The van der Waals surface area contributed by atoms with E-state index >= 15 is 0 Å². The minimum Gasteiger partial charge on any atom is -0.496 e. The maximum atomic E-state index is 5.46. The summed E-state index contributed by atoms with van der Waals surface area (Å²) in [7, 11) is 1.73. The lowest BCUT2D eigenvalue weighted by atomic mass is 9.95. The SMILES string of the molecule is CCc1ccc(CC)c(C(Br)Cc2ccccc2OC)c1. The zero-order valence-electron chi connectivity index (χ0n) is 13.0. The molecule has 0 radical (unpaired) electrons. The molecule has 21 heavy (non-hydrogen) atoms. The highest BCUT2D eigenvalue weighted by atomic mass is 79.9. The van der Waals surface area contributed by atoms with Crippen LogP contribution in [0, 0.1) is 0 Å². The van der Waals surface area contributed by atoms with Crippen molar-refractivity contribution in [2.75, 3.05) is 7.11 Å². The van der Waals surface area contributed by atoms with Gasteiger partial charge >= 0.3 is 0 Å². The van der Waals surface area contributed by atoms with E-state index < -0.39 is 0 Å². The molecule has 1 atom stereocenters. The summed E-state index contributed by atoms with van der Waals surface area (Å²) in [4.78, 5) is 0.315. The summed E-state index contributed by atoms with van der Waals surface area (Å²) in [6.45, 7) is 4.42. The van der Waals surface area contributed by atoms with Gasteiger partial charge in [-0.25, -0.2) is 0 Å². The van der Waals surface area contributed by atoms with E-state index in [1.165, 1.54) is 22.3 Å². The number of para-hydroxylation sites is 1. The Morgan fingerprint density at radius 2 is 1.76 bits per heavy atom. The highest BCUT2D eigenvalue weighted by molar-refractivity contribution is 9.09. The molecule has 0 aliphatic rings. The molecule has 2 rings (SSSR count). The number of methoxy groups -OCH3 is 1. The van der Waals surface area contributed by atoms with Crippen LogP contribution in [0.4, 0.5) is 0 Å². The molecule has 1 nitrogen and oxygen atoms in total. The van der Waals surface area contributed by atoms with Crippen LogP contribution in [-0.4, -0.2) is 7.11 Å². The summed E-state index contributed by atoms with van der Waals surface area (Å²) in [6, 6.07) is 15.1. The van der Waals surface area contributed by atoms with Crippen LogP contribution >= 0.6 is 15.9 Å². The van der Waals surface area contributed by atoms with Gasteiger partial charge in [-0.1, -0.05) is 66.2 Å². The molecular weight excluding hydrogens is 324 g/mol. The minimum absolute atomic E-state index is 0.315. The number of benzene rings is 2. The molecule has 0 amide bonds. The molecule has 0 aromatic heterocycles. The van der Waals surface area contributed by atoms with Crippen molar-refractivity contribution < 1.29 is 4.74 Å². The maximum absolute atomic E-state index is 5.46. The lowest BCUT2D eigenvalue weighted by Crippen LogP contribution is -2.02. The zero-order valence-corrected chi connectivity index (χ0v) is 14.6.